The highest BCUT2D eigenvalue weighted by Gasteiger charge is 2.42. The second-order valence-corrected chi connectivity index (χ2v) is 8.64. The summed E-state index contributed by atoms with van der Waals surface area (Å²) in [6, 6.07) is 4.30. The van der Waals surface area contributed by atoms with Crippen LogP contribution in [0.4, 0.5) is 13.2 Å². The number of carbonyl (C=O) groups excluding carboxylic acids is 1. The van der Waals surface area contributed by atoms with Crippen molar-refractivity contribution in [3.05, 3.63) is 22.4 Å². The van der Waals surface area contributed by atoms with Gasteiger partial charge in [0, 0.05) is 37.0 Å². The molecule has 1 aromatic rings. The fraction of sp³-hybridized carbons (Fsp3) is 0.684. The Morgan fingerprint density at radius 3 is 2.60 bits per heavy atom. The van der Waals surface area contributed by atoms with E-state index in [1.165, 1.54) is 4.88 Å². The van der Waals surface area contributed by atoms with Crippen LogP contribution in [0, 0.1) is 5.92 Å². The number of rotatable bonds is 4. The van der Waals surface area contributed by atoms with Gasteiger partial charge in [-0.3, -0.25) is 14.5 Å². The molecule has 30 heavy (non-hydrogen) atoms. The number of carbonyl (C=O) groups is 2. The van der Waals surface area contributed by atoms with Gasteiger partial charge in [0.05, 0.1) is 25.2 Å². The molecular formula is C19H25F3N2O5S. The standard InChI is InChI=1S/C17H24N2O3S.C2HF3O2/c20-17(19-5-1-2-6-21-19)9-14-8-13-10-18(12-16(13)22-14)11-15-4-3-7-23-15;3-2(4,5)1(6)7/h3-4,7,13-14,16H,1-2,5-6,8-12H2;(H,6,7)/t13-,14+,16+;/m0./s1. The van der Waals surface area contributed by atoms with Crippen molar-refractivity contribution in [2.24, 2.45) is 5.92 Å². The van der Waals surface area contributed by atoms with Gasteiger partial charge in [0.2, 0.25) is 5.91 Å². The van der Waals surface area contributed by atoms with E-state index in [1.807, 2.05) is 11.3 Å². The highest BCUT2D eigenvalue weighted by atomic mass is 32.1. The van der Waals surface area contributed by atoms with E-state index >= 15 is 0 Å². The predicted octanol–water partition coefficient (Wildman–Crippen LogP) is 2.91. The molecule has 11 heteroatoms. The van der Waals surface area contributed by atoms with Crippen molar-refractivity contribution in [1.29, 1.82) is 0 Å². The smallest absolute Gasteiger partial charge is 0.475 e. The number of hydroxylamine groups is 2. The number of carboxylic acid groups (broad SMARTS) is 1. The fourth-order valence-corrected chi connectivity index (χ4v) is 4.67. The number of nitrogens with zero attached hydrogens (tertiary/aromatic N) is 2. The van der Waals surface area contributed by atoms with E-state index in [1.54, 1.807) is 5.06 Å². The van der Waals surface area contributed by atoms with Gasteiger partial charge in [-0.05, 0) is 30.7 Å². The minimum atomic E-state index is -5.08. The van der Waals surface area contributed by atoms with Crippen molar-refractivity contribution in [3.63, 3.8) is 0 Å². The maximum atomic E-state index is 12.3. The van der Waals surface area contributed by atoms with E-state index in [0.29, 0.717) is 25.0 Å². The molecule has 4 heterocycles. The third kappa shape index (κ3) is 6.40. The molecule has 3 atom stereocenters. The molecule has 3 saturated heterocycles. The summed E-state index contributed by atoms with van der Waals surface area (Å²) in [5, 5.41) is 10.8. The third-order valence-corrected chi connectivity index (χ3v) is 6.14. The number of halogens is 3. The zero-order chi connectivity index (χ0) is 21.7. The Morgan fingerprint density at radius 2 is 2.03 bits per heavy atom. The number of ether oxygens (including phenoxy) is 1. The van der Waals surface area contributed by atoms with Crippen LogP contribution < -0.4 is 0 Å². The lowest BCUT2D eigenvalue weighted by Crippen LogP contribution is -2.37. The normalized spacial score (nSPS) is 26.8. The summed E-state index contributed by atoms with van der Waals surface area (Å²) in [5.41, 5.74) is 0. The molecule has 4 rings (SSSR count). The van der Waals surface area contributed by atoms with Gasteiger partial charge < -0.3 is 9.84 Å². The van der Waals surface area contributed by atoms with Gasteiger partial charge in [0.25, 0.3) is 0 Å². The van der Waals surface area contributed by atoms with Crippen molar-refractivity contribution >= 4 is 23.2 Å². The Hall–Kier alpha value is -1.69. The van der Waals surface area contributed by atoms with Crippen molar-refractivity contribution < 1.29 is 37.4 Å². The van der Waals surface area contributed by atoms with Crippen molar-refractivity contribution in [2.75, 3.05) is 26.2 Å². The molecule has 7 nitrogen and oxygen atoms in total. The summed E-state index contributed by atoms with van der Waals surface area (Å²) in [4.78, 5) is 30.5. The van der Waals surface area contributed by atoms with E-state index in [0.717, 1.165) is 45.4 Å². The summed E-state index contributed by atoms with van der Waals surface area (Å²) >= 11 is 1.82. The minimum absolute atomic E-state index is 0.0758. The number of thiophene rings is 1. The van der Waals surface area contributed by atoms with E-state index in [-0.39, 0.29) is 12.0 Å². The minimum Gasteiger partial charge on any atom is -0.475 e. The molecule has 1 aromatic heterocycles. The maximum absolute atomic E-state index is 12.3. The first-order valence-electron chi connectivity index (χ1n) is 9.86. The Balaban J connectivity index is 0.000000318. The van der Waals surface area contributed by atoms with Crippen LogP contribution in [0.1, 0.15) is 30.6 Å². The molecule has 0 aliphatic carbocycles. The molecule has 3 fully saturated rings. The lowest BCUT2D eigenvalue weighted by molar-refractivity contribution is -0.199. The van der Waals surface area contributed by atoms with Crippen LogP contribution in [0.3, 0.4) is 0 Å². The van der Waals surface area contributed by atoms with Gasteiger partial charge in [0.1, 0.15) is 0 Å². The summed E-state index contributed by atoms with van der Waals surface area (Å²) < 4.78 is 37.9. The number of carboxylic acids is 1. The number of amides is 1. The van der Waals surface area contributed by atoms with Gasteiger partial charge in [-0.15, -0.1) is 11.3 Å². The molecule has 0 aromatic carbocycles. The molecule has 3 aliphatic rings. The van der Waals surface area contributed by atoms with Gasteiger partial charge in [-0.1, -0.05) is 6.07 Å². The largest absolute Gasteiger partial charge is 0.490 e. The summed E-state index contributed by atoms with van der Waals surface area (Å²) in [6.45, 7) is 4.51. The van der Waals surface area contributed by atoms with Crippen molar-refractivity contribution in [1.82, 2.24) is 9.96 Å². The van der Waals surface area contributed by atoms with Crippen LogP contribution in [0.15, 0.2) is 17.5 Å². The van der Waals surface area contributed by atoms with Gasteiger partial charge >= 0.3 is 12.1 Å². The third-order valence-electron chi connectivity index (χ3n) is 5.27. The second kappa shape index (κ2) is 10.1. The van der Waals surface area contributed by atoms with Crippen molar-refractivity contribution in [2.45, 2.75) is 50.6 Å². The lowest BCUT2D eigenvalue weighted by atomic mass is 10.0. The predicted molar refractivity (Wildman–Crippen MR) is 102 cm³/mol. The molecule has 168 valence electrons. The van der Waals surface area contributed by atoms with Crippen LogP contribution in [-0.4, -0.2) is 71.6 Å². The number of fused-ring (bicyclic) bond motifs is 1. The van der Waals surface area contributed by atoms with Crippen LogP contribution in [-0.2, 0) is 25.7 Å². The SMILES string of the molecule is O=C(C[C@H]1C[C@H]2CN(Cc3cccs3)C[C@H]2O1)N1CCCCO1.O=C(O)C(F)(F)F. The summed E-state index contributed by atoms with van der Waals surface area (Å²) in [6.07, 6.45) is -1.14. The Bertz CT molecular complexity index is 696. The molecule has 1 N–H and O–H groups in total. The number of aliphatic carboxylic acids is 1. The highest BCUT2D eigenvalue weighted by Crippen LogP contribution is 2.35. The van der Waals surface area contributed by atoms with Gasteiger partial charge in [-0.25, -0.2) is 9.86 Å². The zero-order valence-corrected chi connectivity index (χ0v) is 17.2. The Morgan fingerprint density at radius 1 is 1.27 bits per heavy atom. The van der Waals surface area contributed by atoms with E-state index in [9.17, 15) is 18.0 Å². The first-order chi connectivity index (χ1) is 14.2. The van der Waals surface area contributed by atoms with E-state index in [2.05, 4.69) is 22.4 Å². The number of hydrogen-bond acceptors (Lipinski definition) is 6. The number of alkyl halides is 3. The highest BCUT2D eigenvalue weighted by molar-refractivity contribution is 7.09. The summed E-state index contributed by atoms with van der Waals surface area (Å²) in [7, 11) is 0. The van der Waals surface area contributed by atoms with Crippen LogP contribution in [0.2, 0.25) is 0 Å². The van der Waals surface area contributed by atoms with Gasteiger partial charge in [0.15, 0.2) is 0 Å². The molecule has 0 bridgehead atoms. The van der Waals surface area contributed by atoms with Gasteiger partial charge in [-0.2, -0.15) is 13.2 Å². The molecule has 0 spiro atoms. The average Bonchev–Trinajstić information content (AvgIpc) is 3.39. The molecule has 0 saturated carbocycles. The molecule has 1 amide bonds. The monoisotopic (exact) mass is 450 g/mol. The zero-order valence-electron chi connectivity index (χ0n) is 16.3. The molecular weight excluding hydrogens is 425 g/mol. The molecule has 0 unspecified atom stereocenters. The maximum Gasteiger partial charge on any atom is 0.490 e. The lowest BCUT2D eigenvalue weighted by Gasteiger charge is -2.27. The average molecular weight is 450 g/mol. The van der Waals surface area contributed by atoms with Crippen LogP contribution in [0.5, 0.6) is 0 Å². The van der Waals surface area contributed by atoms with Crippen molar-refractivity contribution in [3.8, 4) is 0 Å². The summed E-state index contributed by atoms with van der Waals surface area (Å²) in [5.74, 6) is -2.09. The van der Waals surface area contributed by atoms with E-state index < -0.39 is 12.1 Å². The first kappa shape index (κ1) is 23.0. The quantitative estimate of drug-likeness (QED) is 0.760. The van der Waals surface area contributed by atoms with E-state index in [4.69, 9.17) is 19.5 Å². The van der Waals surface area contributed by atoms with Crippen LogP contribution >= 0.6 is 11.3 Å². The molecule has 0 radical (unpaired) electrons. The first-order valence-corrected chi connectivity index (χ1v) is 10.7. The molecule has 3 aliphatic heterocycles. The number of hydrogen-bond donors (Lipinski definition) is 1. The Kier molecular flexibility index (Phi) is 7.72. The fourth-order valence-electron chi connectivity index (χ4n) is 3.92. The topological polar surface area (TPSA) is 79.3 Å². The second-order valence-electron chi connectivity index (χ2n) is 7.61. The Labute approximate surface area is 176 Å². The van der Waals surface area contributed by atoms with Crippen LogP contribution in [0.25, 0.3) is 0 Å². The number of likely N-dealkylation sites (tertiary alicyclic amines) is 1.